The van der Waals surface area contributed by atoms with Crippen molar-refractivity contribution in [3.8, 4) is 0 Å². The van der Waals surface area contributed by atoms with E-state index in [0.717, 1.165) is 10.9 Å². The zero-order valence-corrected chi connectivity index (χ0v) is 12.4. The van der Waals surface area contributed by atoms with E-state index in [1.807, 2.05) is 31.2 Å². The molecule has 5 nitrogen and oxygen atoms in total. The lowest BCUT2D eigenvalue weighted by Crippen LogP contribution is -1.94. The lowest BCUT2D eigenvalue weighted by atomic mass is 10.1. The number of rotatable bonds is 4. The van der Waals surface area contributed by atoms with E-state index in [0.29, 0.717) is 11.1 Å². The van der Waals surface area contributed by atoms with Crippen LogP contribution in [-0.2, 0) is 0 Å². The number of aryl methyl sites for hydroxylation is 1. The third-order valence-electron chi connectivity index (χ3n) is 3.58. The van der Waals surface area contributed by atoms with E-state index in [9.17, 15) is 14.9 Å². The van der Waals surface area contributed by atoms with Crippen LogP contribution in [0.2, 0.25) is 0 Å². The number of ketones is 1. The summed E-state index contributed by atoms with van der Waals surface area (Å²) in [4.78, 5) is 22.6. The number of nitrogens with zero attached hydrogens (tertiary/aromatic N) is 1. The molecule has 1 heterocycles. The molecule has 0 unspecified atom stereocenters. The number of non-ortho nitro benzene ring substituents is 1. The van der Waals surface area contributed by atoms with Gasteiger partial charge >= 0.3 is 0 Å². The molecule has 3 rings (SSSR count). The van der Waals surface area contributed by atoms with Crippen molar-refractivity contribution in [2.45, 2.75) is 6.92 Å². The molecule has 23 heavy (non-hydrogen) atoms. The number of hydrogen-bond donors (Lipinski definition) is 0. The second kappa shape index (κ2) is 5.88. The molecule has 0 aliphatic heterocycles. The number of carbonyl (C=O) groups excluding carboxylic acids is 1. The van der Waals surface area contributed by atoms with Gasteiger partial charge in [-0.3, -0.25) is 14.9 Å². The van der Waals surface area contributed by atoms with Crippen LogP contribution in [0.25, 0.3) is 17.0 Å². The van der Waals surface area contributed by atoms with E-state index in [1.54, 1.807) is 18.2 Å². The van der Waals surface area contributed by atoms with Gasteiger partial charge in [0.05, 0.1) is 4.92 Å². The topological polar surface area (TPSA) is 73.3 Å². The minimum atomic E-state index is -0.470. The summed E-state index contributed by atoms with van der Waals surface area (Å²) in [5.74, 6) is 0.0121. The first kappa shape index (κ1) is 14.7. The SMILES string of the molecule is Cc1c(C(=O)/C=C/c2cccc([N+](=O)[O-])c2)oc2ccccc12. The van der Waals surface area contributed by atoms with Crippen molar-refractivity contribution in [2.24, 2.45) is 0 Å². The molecule has 2 aromatic carbocycles. The zero-order valence-electron chi connectivity index (χ0n) is 12.4. The van der Waals surface area contributed by atoms with Crippen LogP contribution >= 0.6 is 0 Å². The molecule has 0 saturated heterocycles. The van der Waals surface area contributed by atoms with E-state index >= 15 is 0 Å². The Morgan fingerprint density at radius 3 is 2.70 bits per heavy atom. The standard InChI is InChI=1S/C18H13NO4/c1-12-15-7-2-3-8-17(15)23-18(12)16(20)10-9-13-5-4-6-14(11-13)19(21)22/h2-11H,1H3/b10-9+. The van der Waals surface area contributed by atoms with Crippen LogP contribution in [0.4, 0.5) is 5.69 Å². The highest BCUT2D eigenvalue weighted by atomic mass is 16.6. The Morgan fingerprint density at radius 2 is 1.96 bits per heavy atom. The summed E-state index contributed by atoms with van der Waals surface area (Å²) in [5.41, 5.74) is 2.02. The molecule has 0 radical (unpaired) electrons. The zero-order chi connectivity index (χ0) is 16.4. The minimum Gasteiger partial charge on any atom is -0.452 e. The molecule has 0 atom stereocenters. The minimum absolute atomic E-state index is 0.0143. The maximum Gasteiger partial charge on any atom is 0.270 e. The molecular formula is C18H13NO4. The molecule has 3 aromatic rings. The van der Waals surface area contributed by atoms with Gasteiger partial charge in [0.1, 0.15) is 5.58 Å². The first-order chi connectivity index (χ1) is 11.1. The molecular weight excluding hydrogens is 294 g/mol. The van der Waals surface area contributed by atoms with Gasteiger partial charge in [-0.25, -0.2) is 0 Å². The van der Waals surface area contributed by atoms with Crippen LogP contribution in [-0.4, -0.2) is 10.7 Å². The van der Waals surface area contributed by atoms with Crippen LogP contribution in [0.3, 0.4) is 0 Å². The van der Waals surface area contributed by atoms with Gasteiger partial charge in [0, 0.05) is 23.1 Å². The predicted molar refractivity (Wildman–Crippen MR) is 87.4 cm³/mol. The molecule has 1 aromatic heterocycles. The highest BCUT2D eigenvalue weighted by Crippen LogP contribution is 2.25. The maximum absolute atomic E-state index is 12.3. The van der Waals surface area contributed by atoms with Crippen molar-refractivity contribution in [3.05, 3.63) is 81.6 Å². The maximum atomic E-state index is 12.3. The van der Waals surface area contributed by atoms with E-state index in [2.05, 4.69) is 0 Å². The van der Waals surface area contributed by atoms with Gasteiger partial charge in [0.15, 0.2) is 5.76 Å². The quantitative estimate of drug-likeness (QED) is 0.307. The summed E-state index contributed by atoms with van der Waals surface area (Å²) in [5, 5.41) is 11.7. The van der Waals surface area contributed by atoms with Gasteiger partial charge in [-0.1, -0.05) is 36.4 Å². The van der Waals surface area contributed by atoms with Crippen LogP contribution in [0.1, 0.15) is 21.7 Å². The molecule has 0 N–H and O–H groups in total. The first-order valence-corrected chi connectivity index (χ1v) is 7.01. The normalized spacial score (nSPS) is 11.2. The molecule has 0 amide bonds. The van der Waals surface area contributed by atoms with E-state index in [4.69, 9.17) is 4.42 Å². The molecule has 5 heteroatoms. The second-order valence-corrected chi connectivity index (χ2v) is 5.10. The number of carbonyl (C=O) groups is 1. The van der Waals surface area contributed by atoms with Crippen LogP contribution in [0.15, 0.2) is 59.0 Å². The lowest BCUT2D eigenvalue weighted by Gasteiger charge is -1.95. The fourth-order valence-electron chi connectivity index (χ4n) is 2.40. The summed E-state index contributed by atoms with van der Waals surface area (Å²) in [7, 11) is 0. The Morgan fingerprint density at radius 1 is 1.17 bits per heavy atom. The van der Waals surface area contributed by atoms with E-state index in [1.165, 1.54) is 18.2 Å². The number of para-hydroxylation sites is 1. The molecule has 0 bridgehead atoms. The Kier molecular flexibility index (Phi) is 3.76. The third-order valence-corrected chi connectivity index (χ3v) is 3.58. The smallest absolute Gasteiger partial charge is 0.270 e. The lowest BCUT2D eigenvalue weighted by molar-refractivity contribution is -0.384. The third kappa shape index (κ3) is 2.89. The average molecular weight is 307 g/mol. The van der Waals surface area contributed by atoms with Crippen LogP contribution < -0.4 is 0 Å². The fraction of sp³-hybridized carbons (Fsp3) is 0.0556. The van der Waals surface area contributed by atoms with Crippen molar-refractivity contribution < 1.29 is 14.1 Å². The molecule has 0 spiro atoms. The van der Waals surface area contributed by atoms with Crippen LogP contribution in [0.5, 0.6) is 0 Å². The van der Waals surface area contributed by atoms with Gasteiger partial charge in [0.2, 0.25) is 5.78 Å². The summed E-state index contributed by atoms with van der Waals surface area (Å²) >= 11 is 0. The molecule has 0 saturated carbocycles. The fourth-order valence-corrected chi connectivity index (χ4v) is 2.40. The molecule has 114 valence electrons. The van der Waals surface area contributed by atoms with Gasteiger partial charge in [-0.15, -0.1) is 0 Å². The van der Waals surface area contributed by atoms with Gasteiger partial charge < -0.3 is 4.42 Å². The largest absolute Gasteiger partial charge is 0.452 e. The molecule has 0 fully saturated rings. The second-order valence-electron chi connectivity index (χ2n) is 5.10. The number of benzene rings is 2. The average Bonchev–Trinajstić information content (AvgIpc) is 2.90. The number of hydrogen-bond acceptors (Lipinski definition) is 4. The number of fused-ring (bicyclic) bond motifs is 1. The van der Waals surface area contributed by atoms with E-state index in [-0.39, 0.29) is 17.2 Å². The summed E-state index contributed by atoms with van der Waals surface area (Å²) < 4.78 is 5.60. The molecule has 0 aliphatic carbocycles. The van der Waals surface area contributed by atoms with E-state index < -0.39 is 4.92 Å². The number of nitro benzene ring substituents is 1. The highest BCUT2D eigenvalue weighted by molar-refractivity contribution is 6.08. The Labute approximate surface area is 132 Å². The van der Waals surface area contributed by atoms with Crippen molar-refractivity contribution in [3.63, 3.8) is 0 Å². The Balaban J connectivity index is 1.90. The predicted octanol–water partition coefficient (Wildman–Crippen LogP) is 4.55. The van der Waals surface area contributed by atoms with Gasteiger partial charge in [0.25, 0.3) is 5.69 Å². The summed E-state index contributed by atoms with van der Waals surface area (Å²) in [6.07, 6.45) is 2.91. The Bertz CT molecular complexity index is 937. The highest BCUT2D eigenvalue weighted by Gasteiger charge is 2.15. The van der Waals surface area contributed by atoms with Crippen molar-refractivity contribution in [1.29, 1.82) is 0 Å². The van der Waals surface area contributed by atoms with Crippen LogP contribution in [0, 0.1) is 17.0 Å². The van der Waals surface area contributed by atoms with Crippen molar-refractivity contribution in [1.82, 2.24) is 0 Å². The van der Waals surface area contributed by atoms with Crippen molar-refractivity contribution >= 4 is 28.5 Å². The number of nitro groups is 1. The number of allylic oxidation sites excluding steroid dienone is 1. The summed E-state index contributed by atoms with van der Waals surface area (Å²) in [6, 6.07) is 13.5. The monoisotopic (exact) mass is 307 g/mol. The van der Waals surface area contributed by atoms with Gasteiger partial charge in [-0.2, -0.15) is 0 Å². The van der Waals surface area contributed by atoms with Crippen molar-refractivity contribution in [2.75, 3.05) is 0 Å². The van der Waals surface area contributed by atoms with Gasteiger partial charge in [-0.05, 0) is 24.6 Å². The Hall–Kier alpha value is -3.21. The first-order valence-electron chi connectivity index (χ1n) is 7.01. The molecule has 0 aliphatic rings. The summed E-state index contributed by atoms with van der Waals surface area (Å²) in [6.45, 7) is 1.83. The number of furan rings is 1.